The van der Waals surface area contributed by atoms with E-state index in [0.717, 1.165) is 5.56 Å². The lowest BCUT2D eigenvalue weighted by Crippen LogP contribution is -1.87. The predicted octanol–water partition coefficient (Wildman–Crippen LogP) is 3.23. The lowest BCUT2D eigenvalue weighted by Gasteiger charge is -2.05. The first-order valence-corrected chi connectivity index (χ1v) is 4.10. The molecule has 2 nitrogen and oxygen atoms in total. The van der Waals surface area contributed by atoms with Crippen LogP contribution in [0, 0.1) is 17.9 Å². The predicted molar refractivity (Wildman–Crippen MR) is 51.5 cm³/mol. The van der Waals surface area contributed by atoms with Gasteiger partial charge in [-0.15, -0.1) is 0 Å². The van der Waals surface area contributed by atoms with Crippen LogP contribution < -0.4 is 0 Å². The molecule has 0 amide bonds. The van der Waals surface area contributed by atoms with E-state index >= 15 is 0 Å². The molecule has 0 atom stereocenters. The number of nitriles is 1. The Morgan fingerprint density at radius 1 is 1.46 bits per heavy atom. The Bertz CT molecular complexity index is 392. The molecule has 2 heteroatoms. The quantitative estimate of drug-likeness (QED) is 0.594. The molecular weight excluding hydrogens is 160 g/mol. The average molecular weight is 170 g/mol. The van der Waals surface area contributed by atoms with Gasteiger partial charge in [0.1, 0.15) is 0 Å². The van der Waals surface area contributed by atoms with Crippen LogP contribution in [0.4, 0.5) is 5.69 Å². The van der Waals surface area contributed by atoms with Gasteiger partial charge < -0.3 is 0 Å². The zero-order valence-electron chi connectivity index (χ0n) is 7.70. The minimum atomic E-state index is 0.395. The molecule has 0 fully saturated rings. The fourth-order valence-electron chi connectivity index (χ4n) is 1.10. The number of hydrogen-bond donors (Lipinski definition) is 0. The molecule has 0 heterocycles. The maximum atomic E-state index is 8.76. The summed E-state index contributed by atoms with van der Waals surface area (Å²) in [4.78, 5) is 3.27. The third-order valence-electron chi connectivity index (χ3n) is 1.93. The molecule has 1 rings (SSSR count). The van der Waals surface area contributed by atoms with Crippen LogP contribution in [-0.4, -0.2) is 0 Å². The molecule has 1 aromatic rings. The molecule has 0 aliphatic heterocycles. The standard InChI is InChI=1S/C11H10N2/c1-8(2)9-4-5-11(13-3)10(6-9)7-12/h4-6,8H,1-2H3. The highest BCUT2D eigenvalue weighted by molar-refractivity contribution is 5.59. The molecule has 0 radical (unpaired) electrons. The first-order chi connectivity index (χ1) is 6.19. The van der Waals surface area contributed by atoms with Crippen molar-refractivity contribution >= 4 is 5.69 Å². The average Bonchev–Trinajstić information content (AvgIpc) is 2.16. The molecule has 0 saturated carbocycles. The molecule has 0 aromatic heterocycles. The Labute approximate surface area is 78.3 Å². The zero-order valence-corrected chi connectivity index (χ0v) is 7.70. The van der Waals surface area contributed by atoms with Crippen molar-refractivity contribution in [2.75, 3.05) is 0 Å². The fraction of sp³-hybridized carbons (Fsp3) is 0.273. The summed E-state index contributed by atoms with van der Waals surface area (Å²) >= 11 is 0. The van der Waals surface area contributed by atoms with Gasteiger partial charge in [0.15, 0.2) is 0 Å². The number of rotatable bonds is 1. The van der Waals surface area contributed by atoms with Crippen LogP contribution in [-0.2, 0) is 0 Å². The van der Waals surface area contributed by atoms with E-state index in [1.807, 2.05) is 12.1 Å². The van der Waals surface area contributed by atoms with E-state index in [4.69, 9.17) is 11.8 Å². The van der Waals surface area contributed by atoms with Gasteiger partial charge in [0.05, 0.1) is 18.2 Å². The maximum Gasteiger partial charge on any atom is 0.204 e. The molecule has 0 bridgehead atoms. The summed E-state index contributed by atoms with van der Waals surface area (Å²) in [6, 6.07) is 7.43. The van der Waals surface area contributed by atoms with E-state index in [0.29, 0.717) is 17.2 Å². The molecule has 0 N–H and O–H groups in total. The number of hydrogen-bond acceptors (Lipinski definition) is 1. The topological polar surface area (TPSA) is 28.1 Å². The van der Waals surface area contributed by atoms with Gasteiger partial charge in [-0.25, -0.2) is 4.85 Å². The summed E-state index contributed by atoms with van der Waals surface area (Å²) in [5, 5.41) is 8.76. The second-order valence-corrected chi connectivity index (χ2v) is 3.15. The van der Waals surface area contributed by atoms with Crippen LogP contribution in [0.1, 0.15) is 30.9 Å². The van der Waals surface area contributed by atoms with Gasteiger partial charge in [-0.1, -0.05) is 32.0 Å². The maximum absolute atomic E-state index is 8.76. The third kappa shape index (κ3) is 1.86. The van der Waals surface area contributed by atoms with Gasteiger partial charge in [0.2, 0.25) is 5.69 Å². The van der Waals surface area contributed by atoms with E-state index in [1.54, 1.807) is 12.1 Å². The fourth-order valence-corrected chi connectivity index (χ4v) is 1.10. The Balaban J connectivity index is 3.25. The number of nitrogens with zero attached hydrogens (tertiary/aromatic N) is 2. The molecule has 64 valence electrons. The van der Waals surface area contributed by atoms with Crippen molar-refractivity contribution in [3.63, 3.8) is 0 Å². The smallest absolute Gasteiger partial charge is 0.204 e. The molecule has 0 aliphatic carbocycles. The van der Waals surface area contributed by atoms with Gasteiger partial charge in [-0.05, 0) is 11.5 Å². The molecule has 1 aromatic carbocycles. The SMILES string of the molecule is [C-]#[N+]c1ccc(C(C)C)cc1C#N. The van der Waals surface area contributed by atoms with E-state index < -0.39 is 0 Å². The number of benzene rings is 1. The minimum Gasteiger partial charge on any atom is -0.237 e. The van der Waals surface area contributed by atoms with E-state index in [-0.39, 0.29) is 0 Å². The monoisotopic (exact) mass is 170 g/mol. The van der Waals surface area contributed by atoms with Crippen molar-refractivity contribution in [1.82, 2.24) is 0 Å². The van der Waals surface area contributed by atoms with Crippen LogP contribution in [0.25, 0.3) is 4.85 Å². The van der Waals surface area contributed by atoms with Gasteiger partial charge in [0, 0.05) is 0 Å². The van der Waals surface area contributed by atoms with Crippen LogP contribution >= 0.6 is 0 Å². The van der Waals surface area contributed by atoms with Crippen molar-refractivity contribution in [2.45, 2.75) is 19.8 Å². The van der Waals surface area contributed by atoms with Gasteiger partial charge in [-0.2, -0.15) is 5.26 Å². The Kier molecular flexibility index (Phi) is 2.67. The molecule has 13 heavy (non-hydrogen) atoms. The summed E-state index contributed by atoms with van der Waals surface area (Å²) in [7, 11) is 0. The van der Waals surface area contributed by atoms with Crippen molar-refractivity contribution < 1.29 is 0 Å². The Morgan fingerprint density at radius 2 is 2.15 bits per heavy atom. The summed E-state index contributed by atoms with van der Waals surface area (Å²) < 4.78 is 0. The largest absolute Gasteiger partial charge is 0.237 e. The van der Waals surface area contributed by atoms with Crippen molar-refractivity contribution in [3.05, 3.63) is 40.7 Å². The summed E-state index contributed by atoms with van der Waals surface area (Å²) in [6.45, 7) is 11.0. The van der Waals surface area contributed by atoms with Gasteiger partial charge in [0.25, 0.3) is 0 Å². The molecule has 0 unspecified atom stereocenters. The first-order valence-electron chi connectivity index (χ1n) is 4.10. The van der Waals surface area contributed by atoms with Crippen molar-refractivity contribution in [3.8, 4) is 6.07 Å². The molecule has 0 aliphatic rings. The summed E-state index contributed by atoms with van der Waals surface area (Å²) in [5.41, 5.74) is 2.01. The highest BCUT2D eigenvalue weighted by atomic mass is 14.6. The molecule has 0 saturated heterocycles. The van der Waals surface area contributed by atoms with Crippen molar-refractivity contribution in [1.29, 1.82) is 5.26 Å². The third-order valence-corrected chi connectivity index (χ3v) is 1.93. The van der Waals surface area contributed by atoms with Crippen molar-refractivity contribution in [2.24, 2.45) is 0 Å². The second-order valence-electron chi connectivity index (χ2n) is 3.15. The minimum absolute atomic E-state index is 0.395. The Morgan fingerprint density at radius 3 is 2.62 bits per heavy atom. The summed E-state index contributed by atoms with van der Waals surface area (Å²) in [6.07, 6.45) is 0. The van der Waals surface area contributed by atoms with Gasteiger partial charge >= 0.3 is 0 Å². The lowest BCUT2D eigenvalue weighted by atomic mass is 10.0. The van der Waals surface area contributed by atoms with E-state index in [2.05, 4.69) is 18.7 Å². The van der Waals surface area contributed by atoms with Gasteiger partial charge in [-0.3, -0.25) is 0 Å². The van der Waals surface area contributed by atoms with Crippen LogP contribution in [0.3, 0.4) is 0 Å². The summed E-state index contributed by atoms with van der Waals surface area (Å²) in [5.74, 6) is 0.395. The van der Waals surface area contributed by atoms with E-state index in [9.17, 15) is 0 Å². The molecule has 0 spiro atoms. The highest BCUT2D eigenvalue weighted by Crippen LogP contribution is 2.23. The van der Waals surface area contributed by atoms with Crippen LogP contribution in [0.5, 0.6) is 0 Å². The van der Waals surface area contributed by atoms with Crippen LogP contribution in [0.15, 0.2) is 18.2 Å². The van der Waals surface area contributed by atoms with Crippen LogP contribution in [0.2, 0.25) is 0 Å². The first kappa shape index (κ1) is 9.29. The normalized spacial score (nSPS) is 9.31. The highest BCUT2D eigenvalue weighted by Gasteiger charge is 2.04. The molecular formula is C11H10N2. The van der Waals surface area contributed by atoms with E-state index in [1.165, 1.54) is 0 Å². The lowest BCUT2D eigenvalue weighted by molar-refractivity contribution is 0.866. The Hall–Kier alpha value is -1.80. The second kappa shape index (κ2) is 3.74. The zero-order chi connectivity index (χ0) is 9.84.